The lowest BCUT2D eigenvalue weighted by Gasteiger charge is -2.10. The fraction of sp³-hybridized carbons (Fsp3) is 0.318. The van der Waals surface area contributed by atoms with Crippen molar-refractivity contribution in [3.63, 3.8) is 0 Å². The highest BCUT2D eigenvalue weighted by atomic mass is 16.5. The van der Waals surface area contributed by atoms with E-state index in [1.54, 1.807) is 16.9 Å². The van der Waals surface area contributed by atoms with E-state index in [2.05, 4.69) is 30.7 Å². The molecule has 4 aromatic heterocycles. The average Bonchev–Trinajstić information content (AvgIpc) is 3.70. The lowest BCUT2D eigenvalue weighted by Crippen LogP contribution is -2.14. The van der Waals surface area contributed by atoms with Crippen LogP contribution in [0.5, 0.6) is 5.75 Å². The molecule has 0 aromatic carbocycles. The SMILES string of the molecule is CNc1ncc(-c2nc3ccc(OC4CC4)cn3n2)c2cc(NC(=O)C3CC3)ncc12. The molecule has 2 saturated carbocycles. The number of anilines is 2. The second-order valence-corrected chi connectivity index (χ2v) is 8.07. The summed E-state index contributed by atoms with van der Waals surface area (Å²) in [5, 5.41) is 12.4. The first kappa shape index (κ1) is 18.1. The largest absolute Gasteiger partial charge is 0.489 e. The van der Waals surface area contributed by atoms with Gasteiger partial charge in [0.25, 0.3) is 0 Å². The number of hydrogen-bond acceptors (Lipinski definition) is 7. The summed E-state index contributed by atoms with van der Waals surface area (Å²) in [4.78, 5) is 25.8. The highest BCUT2D eigenvalue weighted by Crippen LogP contribution is 2.33. The molecule has 6 rings (SSSR count). The van der Waals surface area contributed by atoms with Crippen LogP contribution in [0.3, 0.4) is 0 Å². The van der Waals surface area contributed by atoms with Crippen molar-refractivity contribution < 1.29 is 9.53 Å². The van der Waals surface area contributed by atoms with E-state index in [0.29, 0.717) is 23.6 Å². The lowest BCUT2D eigenvalue weighted by atomic mass is 10.1. The van der Waals surface area contributed by atoms with Gasteiger partial charge in [0.2, 0.25) is 5.91 Å². The number of hydrogen-bond donors (Lipinski definition) is 2. The van der Waals surface area contributed by atoms with Crippen molar-refractivity contribution >= 4 is 34.0 Å². The number of aromatic nitrogens is 5. The van der Waals surface area contributed by atoms with Crippen LogP contribution in [-0.2, 0) is 4.79 Å². The molecule has 2 fully saturated rings. The van der Waals surface area contributed by atoms with E-state index in [0.717, 1.165) is 53.4 Å². The molecule has 156 valence electrons. The fourth-order valence-corrected chi connectivity index (χ4v) is 3.58. The number of pyridine rings is 3. The predicted molar refractivity (Wildman–Crippen MR) is 116 cm³/mol. The zero-order valence-corrected chi connectivity index (χ0v) is 17.0. The van der Waals surface area contributed by atoms with Gasteiger partial charge >= 0.3 is 0 Å². The monoisotopic (exact) mass is 415 g/mol. The van der Waals surface area contributed by atoms with Gasteiger partial charge in [0, 0.05) is 41.7 Å². The van der Waals surface area contributed by atoms with Gasteiger partial charge in [-0.3, -0.25) is 4.79 Å². The number of ether oxygens (including phenoxy) is 1. The van der Waals surface area contributed by atoms with E-state index in [4.69, 9.17) is 4.74 Å². The molecule has 4 aromatic rings. The predicted octanol–water partition coefficient (Wildman–Crippen LogP) is 3.27. The molecule has 0 radical (unpaired) electrons. The van der Waals surface area contributed by atoms with Crippen LogP contribution in [0, 0.1) is 5.92 Å². The number of nitrogens with one attached hydrogen (secondary N) is 2. The fourth-order valence-electron chi connectivity index (χ4n) is 3.58. The first-order valence-corrected chi connectivity index (χ1v) is 10.5. The number of nitrogens with zero attached hydrogens (tertiary/aromatic N) is 5. The van der Waals surface area contributed by atoms with Gasteiger partial charge in [0.05, 0.1) is 12.3 Å². The summed E-state index contributed by atoms with van der Waals surface area (Å²) in [6.45, 7) is 0. The van der Waals surface area contributed by atoms with E-state index in [1.165, 1.54) is 0 Å². The summed E-state index contributed by atoms with van der Waals surface area (Å²) in [6, 6.07) is 5.68. The van der Waals surface area contributed by atoms with Crippen LogP contribution in [0.25, 0.3) is 27.8 Å². The van der Waals surface area contributed by atoms with Gasteiger partial charge in [-0.1, -0.05) is 0 Å². The third kappa shape index (κ3) is 3.41. The molecule has 9 nitrogen and oxygen atoms in total. The zero-order valence-electron chi connectivity index (χ0n) is 17.0. The van der Waals surface area contributed by atoms with Crippen molar-refractivity contribution in [2.24, 2.45) is 5.92 Å². The summed E-state index contributed by atoms with van der Waals surface area (Å²) in [5.41, 5.74) is 1.49. The molecule has 1 amide bonds. The Morgan fingerprint density at radius 2 is 2.00 bits per heavy atom. The first-order valence-electron chi connectivity index (χ1n) is 10.5. The zero-order chi connectivity index (χ0) is 20.9. The van der Waals surface area contributed by atoms with Gasteiger partial charge in [0.1, 0.15) is 17.4 Å². The van der Waals surface area contributed by atoms with E-state index >= 15 is 0 Å². The maximum Gasteiger partial charge on any atom is 0.228 e. The molecule has 31 heavy (non-hydrogen) atoms. The summed E-state index contributed by atoms with van der Waals surface area (Å²) in [6.07, 6.45) is 9.72. The van der Waals surface area contributed by atoms with Crippen LogP contribution in [0.15, 0.2) is 36.8 Å². The molecule has 0 spiro atoms. The third-order valence-electron chi connectivity index (χ3n) is 5.58. The van der Waals surface area contributed by atoms with Gasteiger partial charge in [-0.15, -0.1) is 5.10 Å². The number of rotatable bonds is 6. The summed E-state index contributed by atoms with van der Waals surface area (Å²) in [5.74, 6) is 2.68. The Morgan fingerprint density at radius 1 is 1.13 bits per heavy atom. The standard InChI is InChI=1S/C22H21N7O2/c1-23-20-16-9-24-18(26-22(30)12-2-3-12)8-15(16)17(10-25-20)21-27-19-7-6-14(11-29(19)28-21)31-13-4-5-13/h6-13H,2-5H2,1H3,(H,23,25)(H,24,26,30). The van der Waals surface area contributed by atoms with Gasteiger partial charge in [-0.2, -0.15) is 0 Å². The van der Waals surface area contributed by atoms with Crippen LogP contribution in [0.1, 0.15) is 25.7 Å². The minimum atomic E-state index is 0.0188. The molecule has 0 saturated heterocycles. The van der Waals surface area contributed by atoms with Crippen molar-refractivity contribution in [2.75, 3.05) is 17.7 Å². The van der Waals surface area contributed by atoms with E-state index < -0.39 is 0 Å². The van der Waals surface area contributed by atoms with E-state index in [9.17, 15) is 4.79 Å². The highest BCUT2D eigenvalue weighted by molar-refractivity contribution is 6.03. The lowest BCUT2D eigenvalue weighted by molar-refractivity contribution is -0.117. The van der Waals surface area contributed by atoms with Gasteiger partial charge in [-0.25, -0.2) is 19.5 Å². The molecule has 2 aliphatic carbocycles. The third-order valence-corrected chi connectivity index (χ3v) is 5.58. The Kier molecular flexibility index (Phi) is 4.02. The highest BCUT2D eigenvalue weighted by Gasteiger charge is 2.30. The van der Waals surface area contributed by atoms with E-state index in [1.807, 2.05) is 31.4 Å². The Hall–Kier alpha value is -3.75. The number of amides is 1. The maximum absolute atomic E-state index is 12.2. The van der Waals surface area contributed by atoms with Crippen molar-refractivity contribution in [3.8, 4) is 17.1 Å². The van der Waals surface area contributed by atoms with Gasteiger partial charge < -0.3 is 15.4 Å². The first-order chi connectivity index (χ1) is 15.2. The molecule has 9 heteroatoms. The minimum Gasteiger partial charge on any atom is -0.489 e. The van der Waals surface area contributed by atoms with Crippen LogP contribution < -0.4 is 15.4 Å². The minimum absolute atomic E-state index is 0.0188. The Bertz CT molecular complexity index is 1320. The van der Waals surface area contributed by atoms with Crippen molar-refractivity contribution in [2.45, 2.75) is 31.8 Å². The molecular formula is C22H21N7O2. The molecule has 0 atom stereocenters. The molecule has 0 unspecified atom stereocenters. The summed E-state index contributed by atoms with van der Waals surface area (Å²) < 4.78 is 7.59. The van der Waals surface area contributed by atoms with Gasteiger partial charge in [-0.05, 0) is 43.9 Å². The Labute approximate surface area is 177 Å². The molecular weight excluding hydrogens is 394 g/mol. The molecule has 0 bridgehead atoms. The average molecular weight is 415 g/mol. The van der Waals surface area contributed by atoms with Crippen LogP contribution >= 0.6 is 0 Å². The van der Waals surface area contributed by atoms with Crippen molar-refractivity contribution in [1.29, 1.82) is 0 Å². The second kappa shape index (κ2) is 6.90. The Balaban J connectivity index is 1.43. The topological polar surface area (TPSA) is 106 Å². The summed E-state index contributed by atoms with van der Waals surface area (Å²) >= 11 is 0. The van der Waals surface area contributed by atoms with Crippen LogP contribution in [0.4, 0.5) is 11.6 Å². The summed E-state index contributed by atoms with van der Waals surface area (Å²) in [7, 11) is 1.81. The molecule has 0 aliphatic heterocycles. The molecule has 2 aliphatic rings. The van der Waals surface area contributed by atoms with Gasteiger partial charge in [0.15, 0.2) is 11.5 Å². The van der Waals surface area contributed by atoms with Crippen molar-refractivity contribution in [3.05, 3.63) is 36.8 Å². The second-order valence-electron chi connectivity index (χ2n) is 8.07. The van der Waals surface area contributed by atoms with E-state index in [-0.39, 0.29) is 11.8 Å². The van der Waals surface area contributed by atoms with Crippen LogP contribution in [0.2, 0.25) is 0 Å². The number of carbonyl (C=O) groups excluding carboxylic acids is 1. The number of carbonyl (C=O) groups is 1. The quantitative estimate of drug-likeness (QED) is 0.498. The molecule has 2 N–H and O–H groups in total. The van der Waals surface area contributed by atoms with Crippen molar-refractivity contribution in [1.82, 2.24) is 24.6 Å². The molecule has 4 heterocycles. The smallest absolute Gasteiger partial charge is 0.228 e. The number of fused-ring (bicyclic) bond motifs is 2. The normalized spacial score (nSPS) is 15.9. The maximum atomic E-state index is 12.2. The Morgan fingerprint density at radius 3 is 2.77 bits per heavy atom. The van der Waals surface area contributed by atoms with Crippen LogP contribution in [-0.4, -0.2) is 43.6 Å².